The van der Waals surface area contributed by atoms with E-state index in [1.165, 1.54) is 12.0 Å². The summed E-state index contributed by atoms with van der Waals surface area (Å²) in [6.07, 6.45) is 12.4. The van der Waals surface area contributed by atoms with Gasteiger partial charge in [0.25, 0.3) is 0 Å². The number of fused-ring (bicyclic) bond motifs is 6. The molecule has 1 saturated heterocycles. The maximum absolute atomic E-state index is 12.2. The first kappa shape index (κ1) is 16.8. The normalized spacial score (nSPS) is 49.9. The van der Waals surface area contributed by atoms with Gasteiger partial charge in [-0.1, -0.05) is 38.0 Å². The first-order chi connectivity index (χ1) is 12.3. The fourth-order valence-corrected chi connectivity index (χ4v) is 7.36. The molecule has 6 atom stereocenters. The third-order valence-corrected chi connectivity index (χ3v) is 8.96. The zero-order valence-electron chi connectivity index (χ0n) is 16.3. The van der Waals surface area contributed by atoms with Crippen molar-refractivity contribution in [3.8, 4) is 0 Å². The second kappa shape index (κ2) is 5.11. The van der Waals surface area contributed by atoms with Crippen molar-refractivity contribution in [1.82, 2.24) is 0 Å². The van der Waals surface area contributed by atoms with Gasteiger partial charge < -0.3 is 4.74 Å². The van der Waals surface area contributed by atoms with E-state index in [0.717, 1.165) is 38.5 Å². The minimum absolute atomic E-state index is 0.00766. The van der Waals surface area contributed by atoms with Crippen LogP contribution in [0.2, 0.25) is 0 Å². The average Bonchev–Trinajstić information content (AvgIpc) is 3.05. The molecule has 3 unspecified atom stereocenters. The van der Waals surface area contributed by atoms with E-state index in [2.05, 4.69) is 19.9 Å². The number of carbonyl (C=O) groups excluding carboxylic acids is 2. The Morgan fingerprint density at radius 1 is 1.12 bits per heavy atom. The molecule has 1 spiro atoms. The Labute approximate surface area is 156 Å². The highest BCUT2D eigenvalue weighted by Gasteiger charge is 2.66. The number of carbonyl (C=O) groups is 2. The van der Waals surface area contributed by atoms with Gasteiger partial charge in [0.1, 0.15) is 5.60 Å². The molecule has 0 aromatic carbocycles. The lowest BCUT2D eigenvalue weighted by Crippen LogP contribution is -2.50. The lowest BCUT2D eigenvalue weighted by atomic mass is 9.50. The number of hydrogen-bond acceptors (Lipinski definition) is 3. The Bertz CT molecular complexity index is 761. The molecule has 0 N–H and O–H groups in total. The van der Waals surface area contributed by atoms with Gasteiger partial charge in [-0.3, -0.25) is 9.59 Å². The van der Waals surface area contributed by atoms with Gasteiger partial charge in [-0.05, 0) is 56.4 Å². The minimum atomic E-state index is -0.240. The molecule has 0 radical (unpaired) electrons. The molecule has 3 heteroatoms. The summed E-state index contributed by atoms with van der Waals surface area (Å²) in [4.78, 5) is 24.2. The molecule has 1 heterocycles. The van der Waals surface area contributed by atoms with Crippen LogP contribution in [0, 0.1) is 28.6 Å². The van der Waals surface area contributed by atoms with Crippen molar-refractivity contribution in [1.29, 1.82) is 0 Å². The van der Waals surface area contributed by atoms with Crippen LogP contribution in [0.5, 0.6) is 0 Å². The van der Waals surface area contributed by atoms with Gasteiger partial charge in [0, 0.05) is 23.7 Å². The van der Waals surface area contributed by atoms with Gasteiger partial charge in [0.15, 0.2) is 5.78 Å². The van der Waals surface area contributed by atoms with Crippen molar-refractivity contribution in [3.05, 3.63) is 23.3 Å². The molecule has 1 aliphatic heterocycles. The van der Waals surface area contributed by atoms with E-state index in [9.17, 15) is 9.59 Å². The van der Waals surface area contributed by atoms with Crippen molar-refractivity contribution in [2.24, 2.45) is 28.6 Å². The van der Waals surface area contributed by atoms with E-state index >= 15 is 0 Å². The van der Waals surface area contributed by atoms with Crippen molar-refractivity contribution >= 4 is 11.8 Å². The molecule has 3 fully saturated rings. The lowest BCUT2D eigenvalue weighted by Gasteiger charge is -2.54. The lowest BCUT2D eigenvalue weighted by molar-refractivity contribution is -0.161. The van der Waals surface area contributed by atoms with Crippen LogP contribution in [0.3, 0.4) is 0 Å². The second-order valence-corrected chi connectivity index (χ2v) is 10.1. The van der Waals surface area contributed by atoms with E-state index in [4.69, 9.17) is 4.74 Å². The largest absolute Gasteiger partial charge is 0.458 e. The third kappa shape index (κ3) is 1.90. The third-order valence-electron chi connectivity index (χ3n) is 8.96. The highest BCUT2D eigenvalue weighted by molar-refractivity contribution is 5.92. The van der Waals surface area contributed by atoms with Crippen molar-refractivity contribution < 1.29 is 14.3 Å². The monoisotopic (exact) mass is 354 g/mol. The van der Waals surface area contributed by atoms with Gasteiger partial charge in [0.05, 0.1) is 5.92 Å². The second-order valence-electron chi connectivity index (χ2n) is 10.1. The van der Waals surface area contributed by atoms with Crippen LogP contribution in [0.25, 0.3) is 0 Å². The van der Waals surface area contributed by atoms with Crippen LogP contribution in [0.4, 0.5) is 0 Å². The van der Waals surface area contributed by atoms with Crippen LogP contribution < -0.4 is 0 Å². The van der Waals surface area contributed by atoms with E-state index in [-0.39, 0.29) is 28.3 Å². The summed E-state index contributed by atoms with van der Waals surface area (Å²) in [5.41, 5.74) is 2.89. The van der Waals surface area contributed by atoms with Crippen LogP contribution in [-0.2, 0) is 14.3 Å². The average molecular weight is 354 g/mol. The molecule has 0 aromatic heterocycles. The summed E-state index contributed by atoms with van der Waals surface area (Å²) in [7, 11) is 0. The van der Waals surface area contributed by atoms with E-state index in [0.29, 0.717) is 24.0 Å². The molecule has 2 saturated carbocycles. The van der Waals surface area contributed by atoms with Gasteiger partial charge in [-0.15, -0.1) is 0 Å². The van der Waals surface area contributed by atoms with Gasteiger partial charge in [0.2, 0.25) is 0 Å². The summed E-state index contributed by atoms with van der Waals surface area (Å²) in [6, 6.07) is 0. The summed E-state index contributed by atoms with van der Waals surface area (Å²) < 4.78 is 6.10. The Hall–Kier alpha value is -1.38. The summed E-state index contributed by atoms with van der Waals surface area (Å²) in [5.74, 6) is 1.56. The molecule has 26 heavy (non-hydrogen) atoms. The van der Waals surface area contributed by atoms with E-state index in [1.54, 1.807) is 5.57 Å². The van der Waals surface area contributed by atoms with Gasteiger partial charge in [-0.2, -0.15) is 0 Å². The maximum Gasteiger partial charge on any atom is 0.309 e. The Morgan fingerprint density at radius 2 is 1.92 bits per heavy atom. The molecule has 140 valence electrons. The maximum atomic E-state index is 12.2. The molecule has 5 aliphatic rings. The van der Waals surface area contributed by atoms with Gasteiger partial charge in [-0.25, -0.2) is 0 Å². The smallest absolute Gasteiger partial charge is 0.309 e. The topological polar surface area (TPSA) is 43.4 Å². The van der Waals surface area contributed by atoms with Crippen LogP contribution in [-0.4, -0.2) is 17.4 Å². The molecule has 0 amide bonds. The number of esters is 1. The number of hydrogen-bond donors (Lipinski definition) is 0. The Morgan fingerprint density at radius 3 is 2.65 bits per heavy atom. The molecule has 4 aliphatic carbocycles. The molecular weight excluding hydrogens is 324 g/mol. The Kier molecular flexibility index (Phi) is 3.30. The number of ether oxygens (including phenoxy) is 1. The fourth-order valence-electron chi connectivity index (χ4n) is 7.36. The van der Waals surface area contributed by atoms with Crippen LogP contribution >= 0.6 is 0 Å². The van der Waals surface area contributed by atoms with E-state index in [1.807, 2.05) is 13.0 Å². The highest BCUT2D eigenvalue weighted by atomic mass is 16.6. The molecule has 3 nitrogen and oxygen atoms in total. The first-order valence-electron chi connectivity index (χ1n) is 10.5. The SMILES string of the molecule is CC1C[C@@]2(CCC3C4CCC5=CC(=O)CC[C@]5(C)C4=CC[C@@]32C)OC1=O. The number of rotatable bonds is 0. The number of ketones is 1. The predicted octanol–water partition coefficient (Wildman–Crippen LogP) is 4.76. The highest BCUT2D eigenvalue weighted by Crippen LogP contribution is 2.68. The predicted molar refractivity (Wildman–Crippen MR) is 99.3 cm³/mol. The summed E-state index contributed by atoms with van der Waals surface area (Å²) in [6.45, 7) is 6.78. The van der Waals surface area contributed by atoms with Crippen molar-refractivity contribution in [2.75, 3.05) is 0 Å². The molecular formula is C23H30O3. The van der Waals surface area contributed by atoms with Crippen molar-refractivity contribution in [3.63, 3.8) is 0 Å². The van der Waals surface area contributed by atoms with Crippen molar-refractivity contribution in [2.45, 2.75) is 77.7 Å². The molecule has 0 bridgehead atoms. The quantitative estimate of drug-likeness (QED) is 0.465. The first-order valence-corrected chi connectivity index (χ1v) is 10.5. The number of allylic oxidation sites excluding steroid dienone is 4. The standard InChI is InChI=1S/C23H30O3/c1-14-13-23(26-20(14)25)11-8-19-17-5-4-15-12-16(24)6-9-21(15,2)18(17)7-10-22(19,23)3/h7,12,14,17,19H,4-6,8-11,13H2,1-3H3/t14?,17?,19?,21-,22-,23+/m0/s1. The zero-order chi connectivity index (χ0) is 18.3. The molecule has 5 rings (SSSR count). The van der Waals surface area contributed by atoms with Crippen LogP contribution in [0.15, 0.2) is 23.3 Å². The Balaban J connectivity index is 1.55. The van der Waals surface area contributed by atoms with Crippen LogP contribution in [0.1, 0.15) is 72.1 Å². The fraction of sp³-hybridized carbons (Fsp3) is 0.739. The summed E-state index contributed by atoms with van der Waals surface area (Å²) in [5, 5.41) is 0. The van der Waals surface area contributed by atoms with E-state index < -0.39 is 0 Å². The minimum Gasteiger partial charge on any atom is -0.458 e. The summed E-state index contributed by atoms with van der Waals surface area (Å²) >= 11 is 0. The zero-order valence-corrected chi connectivity index (χ0v) is 16.3. The van der Waals surface area contributed by atoms with Gasteiger partial charge >= 0.3 is 5.97 Å². The molecule has 0 aromatic rings.